The fraction of sp³-hybridized carbons (Fsp3) is 0.955. The van der Waals surface area contributed by atoms with Gasteiger partial charge in [0.25, 0.3) is 0 Å². The van der Waals surface area contributed by atoms with Gasteiger partial charge in [-0.05, 0) is 67.6 Å². The monoisotopic (exact) mass is 348 g/mol. The number of hydrogen-bond donors (Lipinski definition) is 0. The van der Waals surface area contributed by atoms with E-state index in [1.807, 2.05) is 0 Å². The van der Waals surface area contributed by atoms with Crippen molar-refractivity contribution in [1.29, 1.82) is 0 Å². The zero-order valence-electron chi connectivity index (χ0n) is 16.6. The molecule has 4 rings (SSSR count). The van der Waals surface area contributed by atoms with Crippen LogP contribution >= 0.6 is 0 Å². The van der Waals surface area contributed by atoms with E-state index in [9.17, 15) is 4.79 Å². The summed E-state index contributed by atoms with van der Waals surface area (Å²) in [4.78, 5) is 11.3. The van der Waals surface area contributed by atoms with Crippen LogP contribution in [0.2, 0.25) is 0 Å². The van der Waals surface area contributed by atoms with E-state index in [1.165, 1.54) is 51.9 Å². The zero-order valence-corrected chi connectivity index (χ0v) is 16.6. The number of fused-ring (bicyclic) bond motifs is 3. The molecule has 2 heterocycles. The molecule has 7 unspecified atom stereocenters. The van der Waals surface area contributed by atoms with Gasteiger partial charge in [0.2, 0.25) is 0 Å². The molecule has 142 valence electrons. The van der Waals surface area contributed by atoms with Gasteiger partial charge in [-0.15, -0.1) is 0 Å². The molecule has 2 saturated carbocycles. The summed E-state index contributed by atoms with van der Waals surface area (Å²) in [7, 11) is 0. The Kier molecular flexibility index (Phi) is 4.26. The van der Waals surface area contributed by atoms with Crippen LogP contribution in [0.4, 0.5) is 0 Å². The molecule has 2 aliphatic heterocycles. The Morgan fingerprint density at radius 2 is 1.92 bits per heavy atom. The van der Waals surface area contributed by atoms with E-state index in [1.54, 1.807) is 0 Å². The molecule has 3 heteroatoms. The van der Waals surface area contributed by atoms with Crippen molar-refractivity contribution < 1.29 is 14.3 Å². The minimum absolute atomic E-state index is 0.0744. The first-order chi connectivity index (χ1) is 11.8. The van der Waals surface area contributed by atoms with Crippen LogP contribution in [0, 0.1) is 28.6 Å². The molecule has 3 nitrogen and oxygen atoms in total. The molecule has 25 heavy (non-hydrogen) atoms. The van der Waals surface area contributed by atoms with E-state index in [0.717, 1.165) is 18.8 Å². The Balaban J connectivity index is 1.59. The maximum absolute atomic E-state index is 11.3. The SMILES string of the molecule is CCC1(C)CCCC2(C)C1CCC13CC(COC(C)=O)C(CCC12)O3. The minimum Gasteiger partial charge on any atom is -0.465 e. The molecule has 1 spiro atoms. The topological polar surface area (TPSA) is 35.5 Å². The summed E-state index contributed by atoms with van der Waals surface area (Å²) in [6.07, 6.45) is 11.9. The summed E-state index contributed by atoms with van der Waals surface area (Å²) in [6.45, 7) is 9.62. The number of hydrogen-bond acceptors (Lipinski definition) is 3. The molecule has 7 atom stereocenters. The van der Waals surface area contributed by atoms with Gasteiger partial charge < -0.3 is 9.47 Å². The highest BCUT2D eigenvalue weighted by Gasteiger charge is 2.65. The Labute approximate surface area is 153 Å². The van der Waals surface area contributed by atoms with Crippen molar-refractivity contribution in [3.05, 3.63) is 0 Å². The molecule has 0 aromatic heterocycles. The summed E-state index contributed by atoms with van der Waals surface area (Å²) in [5.74, 6) is 1.80. The maximum atomic E-state index is 11.3. The number of esters is 1. The van der Waals surface area contributed by atoms with Crippen LogP contribution in [0.5, 0.6) is 0 Å². The zero-order chi connectivity index (χ0) is 17.9. The second-order valence-electron chi connectivity index (χ2n) is 10.1. The second kappa shape index (κ2) is 5.97. The van der Waals surface area contributed by atoms with Crippen molar-refractivity contribution in [2.24, 2.45) is 28.6 Å². The Bertz CT molecular complexity index is 545. The van der Waals surface area contributed by atoms with Gasteiger partial charge in [0, 0.05) is 12.8 Å². The highest BCUT2D eigenvalue weighted by Crippen LogP contribution is 2.68. The van der Waals surface area contributed by atoms with E-state index >= 15 is 0 Å². The lowest BCUT2D eigenvalue weighted by Gasteiger charge is -2.64. The standard InChI is InChI=1S/C22H36O3/c1-5-20(3)10-6-11-21(4)18(20)9-12-22-13-16(14-24-15(2)23)17(25-22)7-8-19(21)22/h16-19H,5-14H2,1-4H3. The Morgan fingerprint density at radius 3 is 2.64 bits per heavy atom. The average molecular weight is 349 g/mol. The number of ether oxygens (including phenoxy) is 2. The molecular weight excluding hydrogens is 312 g/mol. The van der Waals surface area contributed by atoms with Gasteiger partial charge in [-0.25, -0.2) is 0 Å². The Hall–Kier alpha value is -0.570. The molecule has 0 N–H and O–H groups in total. The molecule has 0 radical (unpaired) electrons. The second-order valence-corrected chi connectivity index (χ2v) is 10.1. The summed E-state index contributed by atoms with van der Waals surface area (Å²) >= 11 is 0. The first-order valence-corrected chi connectivity index (χ1v) is 10.6. The predicted molar refractivity (Wildman–Crippen MR) is 98.1 cm³/mol. The molecule has 2 saturated heterocycles. The predicted octanol–water partition coefficient (Wildman–Crippen LogP) is 5.12. The fourth-order valence-corrected chi connectivity index (χ4v) is 7.72. The van der Waals surface area contributed by atoms with Crippen molar-refractivity contribution in [1.82, 2.24) is 0 Å². The third-order valence-electron chi connectivity index (χ3n) is 8.96. The van der Waals surface area contributed by atoms with Crippen molar-refractivity contribution in [3.63, 3.8) is 0 Å². The third kappa shape index (κ3) is 2.59. The molecular formula is C22H36O3. The summed E-state index contributed by atoms with van der Waals surface area (Å²) < 4.78 is 12.1. The molecule has 4 aliphatic rings. The highest BCUT2D eigenvalue weighted by atomic mass is 16.5. The van der Waals surface area contributed by atoms with Gasteiger partial charge in [0.05, 0.1) is 18.3 Å². The molecule has 2 bridgehead atoms. The molecule has 0 aromatic rings. The fourth-order valence-electron chi connectivity index (χ4n) is 7.72. The van der Waals surface area contributed by atoms with Crippen molar-refractivity contribution >= 4 is 5.97 Å². The molecule has 4 fully saturated rings. The van der Waals surface area contributed by atoms with Crippen LogP contribution in [-0.4, -0.2) is 24.3 Å². The normalized spacial score (nSPS) is 51.5. The minimum atomic E-state index is -0.155. The van der Waals surface area contributed by atoms with E-state index < -0.39 is 0 Å². The van der Waals surface area contributed by atoms with Crippen molar-refractivity contribution in [2.75, 3.05) is 6.61 Å². The van der Waals surface area contributed by atoms with E-state index in [4.69, 9.17) is 9.47 Å². The van der Waals surface area contributed by atoms with Crippen LogP contribution in [0.15, 0.2) is 0 Å². The quantitative estimate of drug-likeness (QED) is 0.664. The lowest BCUT2D eigenvalue weighted by atomic mass is 9.44. The van der Waals surface area contributed by atoms with Gasteiger partial charge in [-0.1, -0.05) is 33.6 Å². The van der Waals surface area contributed by atoms with Gasteiger partial charge in [-0.2, -0.15) is 0 Å². The summed E-state index contributed by atoms with van der Waals surface area (Å²) in [5.41, 5.74) is 1.02. The lowest BCUT2D eigenvalue weighted by molar-refractivity contribution is -0.219. The van der Waals surface area contributed by atoms with Gasteiger partial charge in [0.15, 0.2) is 0 Å². The van der Waals surface area contributed by atoms with Crippen LogP contribution < -0.4 is 0 Å². The molecule has 0 amide bonds. The maximum Gasteiger partial charge on any atom is 0.302 e. The number of rotatable bonds is 3. The van der Waals surface area contributed by atoms with E-state index in [2.05, 4.69) is 20.8 Å². The van der Waals surface area contributed by atoms with Crippen LogP contribution in [-0.2, 0) is 14.3 Å². The summed E-state index contributed by atoms with van der Waals surface area (Å²) in [5, 5.41) is 0. The molecule has 2 aliphatic carbocycles. The first-order valence-electron chi connectivity index (χ1n) is 10.6. The van der Waals surface area contributed by atoms with E-state index in [0.29, 0.717) is 35.4 Å². The van der Waals surface area contributed by atoms with Gasteiger partial charge >= 0.3 is 5.97 Å². The Morgan fingerprint density at radius 1 is 1.12 bits per heavy atom. The lowest BCUT2D eigenvalue weighted by Crippen LogP contribution is -2.60. The van der Waals surface area contributed by atoms with Crippen LogP contribution in [0.1, 0.15) is 85.5 Å². The van der Waals surface area contributed by atoms with Crippen molar-refractivity contribution in [3.8, 4) is 0 Å². The largest absolute Gasteiger partial charge is 0.465 e. The highest BCUT2D eigenvalue weighted by molar-refractivity contribution is 5.65. The third-order valence-corrected chi connectivity index (χ3v) is 8.96. The first kappa shape index (κ1) is 17.8. The smallest absolute Gasteiger partial charge is 0.302 e. The van der Waals surface area contributed by atoms with Crippen molar-refractivity contribution in [2.45, 2.75) is 97.2 Å². The van der Waals surface area contributed by atoms with Crippen LogP contribution in [0.25, 0.3) is 0 Å². The van der Waals surface area contributed by atoms with Gasteiger partial charge in [-0.3, -0.25) is 4.79 Å². The average Bonchev–Trinajstić information content (AvgIpc) is 2.83. The van der Waals surface area contributed by atoms with Crippen LogP contribution in [0.3, 0.4) is 0 Å². The molecule has 0 aromatic carbocycles. The number of carbonyl (C=O) groups excluding carboxylic acids is 1. The summed E-state index contributed by atoms with van der Waals surface area (Å²) in [6, 6.07) is 0. The number of carbonyl (C=O) groups is 1. The van der Waals surface area contributed by atoms with Gasteiger partial charge in [0.1, 0.15) is 0 Å². The van der Waals surface area contributed by atoms with E-state index in [-0.39, 0.29) is 11.6 Å².